The Morgan fingerprint density at radius 2 is 1.79 bits per heavy atom. The fourth-order valence-corrected chi connectivity index (χ4v) is 4.95. The first-order chi connectivity index (χ1) is 15.6. The maximum atomic E-state index is 13.6. The normalized spacial score (nSPS) is 11.2. The van der Waals surface area contributed by atoms with Gasteiger partial charge in [0.2, 0.25) is 5.91 Å². The van der Waals surface area contributed by atoms with E-state index >= 15 is 0 Å². The Kier molecular flexibility index (Phi) is 7.61. The summed E-state index contributed by atoms with van der Waals surface area (Å²) in [5.74, 6) is -0.623. The van der Waals surface area contributed by atoms with Gasteiger partial charge in [-0.1, -0.05) is 23.7 Å². The molecule has 0 aromatic heterocycles. The molecule has 0 aliphatic heterocycles. The first kappa shape index (κ1) is 24.5. The van der Waals surface area contributed by atoms with Gasteiger partial charge in [-0.3, -0.25) is 9.10 Å². The van der Waals surface area contributed by atoms with Gasteiger partial charge in [-0.05, 0) is 80.4 Å². The number of carbonyl (C=O) groups is 1. The van der Waals surface area contributed by atoms with Gasteiger partial charge in [0.15, 0.2) is 0 Å². The number of hydrogen-bond donors (Lipinski definition) is 1. The van der Waals surface area contributed by atoms with Crippen LogP contribution in [0.25, 0.3) is 0 Å². The topological polar surface area (TPSA) is 75.7 Å². The molecule has 9 heteroatoms. The second kappa shape index (κ2) is 10.2. The lowest BCUT2D eigenvalue weighted by Gasteiger charge is -2.26. The van der Waals surface area contributed by atoms with Crippen LogP contribution >= 0.6 is 11.6 Å². The lowest BCUT2D eigenvalue weighted by atomic mass is 10.1. The van der Waals surface area contributed by atoms with E-state index in [-0.39, 0.29) is 9.92 Å². The zero-order valence-electron chi connectivity index (χ0n) is 18.4. The van der Waals surface area contributed by atoms with Crippen molar-refractivity contribution in [1.29, 1.82) is 0 Å². The second-order valence-electron chi connectivity index (χ2n) is 7.31. The third kappa shape index (κ3) is 5.64. The Morgan fingerprint density at radius 3 is 2.42 bits per heavy atom. The number of sulfonamides is 1. The molecule has 6 nitrogen and oxygen atoms in total. The number of rotatable bonds is 8. The molecule has 0 unspecified atom stereocenters. The molecule has 1 N–H and O–H groups in total. The van der Waals surface area contributed by atoms with E-state index in [4.69, 9.17) is 16.3 Å². The summed E-state index contributed by atoms with van der Waals surface area (Å²) in [4.78, 5) is 12.6. The van der Waals surface area contributed by atoms with Crippen LogP contribution in [0.3, 0.4) is 0 Å². The molecule has 0 saturated carbocycles. The van der Waals surface area contributed by atoms with E-state index in [1.54, 1.807) is 43.3 Å². The van der Waals surface area contributed by atoms with Crippen LogP contribution < -0.4 is 14.4 Å². The van der Waals surface area contributed by atoms with Crippen molar-refractivity contribution in [3.05, 3.63) is 82.6 Å². The van der Waals surface area contributed by atoms with Gasteiger partial charge < -0.3 is 10.1 Å². The molecular formula is C24H24ClFN2O4S. The van der Waals surface area contributed by atoms with Crippen LogP contribution in [0.15, 0.2) is 65.6 Å². The molecule has 0 aliphatic rings. The van der Waals surface area contributed by atoms with Gasteiger partial charge in [-0.25, -0.2) is 12.8 Å². The van der Waals surface area contributed by atoms with Crippen molar-refractivity contribution >= 4 is 38.9 Å². The van der Waals surface area contributed by atoms with Gasteiger partial charge in [-0.15, -0.1) is 0 Å². The number of carbonyl (C=O) groups excluding carboxylic acids is 1. The van der Waals surface area contributed by atoms with Gasteiger partial charge in [0.05, 0.1) is 22.2 Å². The smallest absolute Gasteiger partial charge is 0.264 e. The van der Waals surface area contributed by atoms with Crippen molar-refractivity contribution in [3.63, 3.8) is 0 Å². The molecule has 0 spiro atoms. The van der Waals surface area contributed by atoms with E-state index in [9.17, 15) is 17.6 Å². The highest BCUT2D eigenvalue weighted by atomic mass is 35.5. The summed E-state index contributed by atoms with van der Waals surface area (Å²) in [6, 6.07) is 15.1. The zero-order chi connectivity index (χ0) is 24.2. The minimum atomic E-state index is -4.23. The predicted molar refractivity (Wildman–Crippen MR) is 128 cm³/mol. The molecule has 0 aliphatic carbocycles. The molecule has 174 valence electrons. The highest BCUT2D eigenvalue weighted by Crippen LogP contribution is 2.30. The van der Waals surface area contributed by atoms with E-state index < -0.39 is 28.3 Å². The van der Waals surface area contributed by atoms with Gasteiger partial charge in [0.1, 0.15) is 18.1 Å². The predicted octanol–water partition coefficient (Wildman–Crippen LogP) is 5.33. The summed E-state index contributed by atoms with van der Waals surface area (Å²) in [5.41, 5.74) is 2.39. The Morgan fingerprint density at radius 1 is 1.09 bits per heavy atom. The van der Waals surface area contributed by atoms with Crippen molar-refractivity contribution in [2.45, 2.75) is 25.7 Å². The third-order valence-corrected chi connectivity index (χ3v) is 7.11. The summed E-state index contributed by atoms with van der Waals surface area (Å²) >= 11 is 5.83. The van der Waals surface area contributed by atoms with Crippen LogP contribution in [0.4, 0.5) is 15.8 Å². The first-order valence-corrected chi connectivity index (χ1v) is 12.0. The fraction of sp³-hybridized carbons (Fsp3) is 0.208. The number of aryl methyl sites for hydroxylation is 1. The number of amides is 1. The van der Waals surface area contributed by atoms with Crippen LogP contribution in [0.2, 0.25) is 5.02 Å². The highest BCUT2D eigenvalue weighted by molar-refractivity contribution is 7.92. The number of benzene rings is 3. The molecule has 0 heterocycles. The van der Waals surface area contributed by atoms with E-state index in [1.807, 2.05) is 19.9 Å². The molecule has 3 rings (SSSR count). The van der Waals surface area contributed by atoms with Crippen molar-refractivity contribution in [2.24, 2.45) is 0 Å². The quantitative estimate of drug-likeness (QED) is 0.463. The average Bonchev–Trinajstić information content (AvgIpc) is 2.77. The lowest BCUT2D eigenvalue weighted by molar-refractivity contribution is -0.114. The summed E-state index contributed by atoms with van der Waals surface area (Å²) in [7, 11) is -4.23. The lowest BCUT2D eigenvalue weighted by Crippen LogP contribution is -2.38. The number of anilines is 2. The van der Waals surface area contributed by atoms with Crippen molar-refractivity contribution in [1.82, 2.24) is 0 Å². The monoisotopic (exact) mass is 490 g/mol. The Hall–Kier alpha value is -3.10. The first-order valence-electron chi connectivity index (χ1n) is 10.2. The number of ether oxygens (including phenoxy) is 1. The second-order valence-corrected chi connectivity index (χ2v) is 9.58. The van der Waals surface area contributed by atoms with Gasteiger partial charge >= 0.3 is 0 Å². The third-order valence-electron chi connectivity index (χ3n) is 5.06. The maximum Gasteiger partial charge on any atom is 0.264 e. The van der Waals surface area contributed by atoms with E-state index in [0.29, 0.717) is 29.3 Å². The van der Waals surface area contributed by atoms with Gasteiger partial charge in [0.25, 0.3) is 10.0 Å². The number of hydrogen-bond acceptors (Lipinski definition) is 4. The highest BCUT2D eigenvalue weighted by Gasteiger charge is 2.29. The molecule has 0 bridgehead atoms. The van der Waals surface area contributed by atoms with Crippen LogP contribution in [0, 0.1) is 19.7 Å². The Balaban J connectivity index is 1.96. The molecular weight excluding hydrogens is 467 g/mol. The van der Waals surface area contributed by atoms with Gasteiger partial charge in [0, 0.05) is 5.69 Å². The van der Waals surface area contributed by atoms with Crippen LogP contribution in [0.5, 0.6) is 5.75 Å². The maximum absolute atomic E-state index is 13.6. The SMILES string of the molecule is CCOc1ccc(NC(=O)CN(c2cccc(C)c2C)S(=O)(=O)c2ccc(F)c(Cl)c2)cc1. The van der Waals surface area contributed by atoms with Gasteiger partial charge in [-0.2, -0.15) is 0 Å². The average molecular weight is 491 g/mol. The molecule has 3 aromatic rings. The van der Waals surface area contributed by atoms with Crippen LogP contribution in [-0.4, -0.2) is 27.5 Å². The largest absolute Gasteiger partial charge is 0.494 e. The minimum Gasteiger partial charge on any atom is -0.494 e. The fourth-order valence-electron chi connectivity index (χ4n) is 3.20. The minimum absolute atomic E-state index is 0.219. The van der Waals surface area contributed by atoms with Crippen LogP contribution in [0.1, 0.15) is 18.1 Å². The van der Waals surface area contributed by atoms with Crippen molar-refractivity contribution < 1.29 is 22.3 Å². The standard InChI is InChI=1S/C24H24ClFN2O4S/c1-4-32-19-10-8-18(9-11-19)27-24(29)15-28(23-7-5-6-16(2)17(23)3)33(30,31)20-12-13-22(26)21(25)14-20/h5-14H,4,15H2,1-3H3,(H,27,29). The Bertz CT molecular complexity index is 1260. The van der Waals surface area contributed by atoms with E-state index in [1.165, 1.54) is 0 Å². The molecule has 0 radical (unpaired) electrons. The zero-order valence-corrected chi connectivity index (χ0v) is 20.0. The summed E-state index contributed by atoms with van der Waals surface area (Å²) < 4.78 is 47.1. The number of halogens is 2. The molecule has 33 heavy (non-hydrogen) atoms. The molecule has 1 amide bonds. The summed E-state index contributed by atoms with van der Waals surface area (Å²) in [6.07, 6.45) is 0. The Labute approximate surface area is 198 Å². The molecule has 0 fully saturated rings. The molecule has 0 saturated heterocycles. The summed E-state index contributed by atoms with van der Waals surface area (Å²) in [5, 5.41) is 2.38. The van der Waals surface area contributed by atoms with Crippen LogP contribution in [-0.2, 0) is 14.8 Å². The number of nitrogens with one attached hydrogen (secondary N) is 1. The molecule has 0 atom stereocenters. The van der Waals surface area contributed by atoms with E-state index in [0.717, 1.165) is 28.1 Å². The summed E-state index contributed by atoms with van der Waals surface area (Å²) in [6.45, 7) is 5.51. The van der Waals surface area contributed by atoms with E-state index in [2.05, 4.69) is 5.32 Å². The number of nitrogens with zero attached hydrogens (tertiary/aromatic N) is 1. The molecule has 3 aromatic carbocycles. The van der Waals surface area contributed by atoms with Crippen molar-refractivity contribution in [2.75, 3.05) is 22.8 Å². The van der Waals surface area contributed by atoms with Crippen molar-refractivity contribution in [3.8, 4) is 5.75 Å².